The number of fused-ring (bicyclic) bond motifs is 1. The maximum absolute atomic E-state index is 11.2. The molecule has 84 valence electrons. The van der Waals surface area contributed by atoms with Gasteiger partial charge < -0.3 is 5.11 Å². The standard InChI is InChI=1S/C11H11BrN2O2/c1-11(2,10(15)16)7-5-3-4-6-8(7)13-14-9(6)12/h3-5H,1-2H3,(H,13,14)(H,15,16). The van der Waals surface area contributed by atoms with E-state index < -0.39 is 11.4 Å². The second-order valence-electron chi connectivity index (χ2n) is 4.17. The number of nitrogens with zero attached hydrogens (tertiary/aromatic N) is 1. The van der Waals surface area contributed by atoms with Gasteiger partial charge in [-0.3, -0.25) is 9.89 Å². The largest absolute Gasteiger partial charge is 0.481 e. The summed E-state index contributed by atoms with van der Waals surface area (Å²) in [6.45, 7) is 3.35. The van der Waals surface area contributed by atoms with Crippen LogP contribution in [0.15, 0.2) is 22.8 Å². The Morgan fingerprint density at radius 1 is 1.50 bits per heavy atom. The van der Waals surface area contributed by atoms with Gasteiger partial charge in [0.15, 0.2) is 0 Å². The molecule has 1 aromatic heterocycles. The second kappa shape index (κ2) is 3.59. The number of nitrogens with one attached hydrogen (secondary N) is 1. The molecular weight excluding hydrogens is 272 g/mol. The molecule has 4 nitrogen and oxygen atoms in total. The molecule has 0 bridgehead atoms. The zero-order valence-electron chi connectivity index (χ0n) is 8.91. The highest BCUT2D eigenvalue weighted by molar-refractivity contribution is 9.10. The Morgan fingerprint density at radius 2 is 2.19 bits per heavy atom. The summed E-state index contributed by atoms with van der Waals surface area (Å²) < 4.78 is 0.769. The van der Waals surface area contributed by atoms with Gasteiger partial charge in [0, 0.05) is 5.39 Å². The van der Waals surface area contributed by atoms with Crippen LogP contribution in [-0.2, 0) is 10.2 Å². The third-order valence-electron chi connectivity index (χ3n) is 2.75. The first-order chi connectivity index (χ1) is 7.44. The van der Waals surface area contributed by atoms with E-state index in [1.807, 2.05) is 12.1 Å². The van der Waals surface area contributed by atoms with E-state index in [0.717, 1.165) is 9.99 Å². The summed E-state index contributed by atoms with van der Waals surface area (Å²) in [7, 11) is 0. The summed E-state index contributed by atoms with van der Waals surface area (Å²) in [5.41, 5.74) is 0.454. The summed E-state index contributed by atoms with van der Waals surface area (Å²) in [6, 6.07) is 5.52. The van der Waals surface area contributed by atoms with Crippen molar-refractivity contribution in [3.63, 3.8) is 0 Å². The van der Waals surface area contributed by atoms with Crippen LogP contribution in [0.1, 0.15) is 19.4 Å². The highest BCUT2D eigenvalue weighted by Crippen LogP contribution is 2.31. The lowest BCUT2D eigenvalue weighted by molar-refractivity contribution is -0.142. The van der Waals surface area contributed by atoms with Crippen LogP contribution in [0.2, 0.25) is 0 Å². The lowest BCUT2D eigenvalue weighted by Crippen LogP contribution is -2.28. The summed E-state index contributed by atoms with van der Waals surface area (Å²) in [6.07, 6.45) is 0. The molecule has 0 radical (unpaired) electrons. The molecule has 0 fully saturated rings. The van der Waals surface area contributed by atoms with Gasteiger partial charge in [0.2, 0.25) is 0 Å². The Morgan fingerprint density at radius 3 is 2.81 bits per heavy atom. The number of carboxylic acid groups (broad SMARTS) is 1. The van der Waals surface area contributed by atoms with Gasteiger partial charge >= 0.3 is 5.97 Å². The Balaban J connectivity index is 2.75. The normalized spacial score (nSPS) is 11.9. The van der Waals surface area contributed by atoms with Crippen LogP contribution in [0, 0.1) is 0 Å². The van der Waals surface area contributed by atoms with E-state index in [0.29, 0.717) is 11.1 Å². The van der Waals surface area contributed by atoms with Crippen LogP contribution in [0.5, 0.6) is 0 Å². The van der Waals surface area contributed by atoms with Crippen molar-refractivity contribution in [2.75, 3.05) is 0 Å². The zero-order valence-corrected chi connectivity index (χ0v) is 10.5. The first kappa shape index (κ1) is 11.1. The fourth-order valence-electron chi connectivity index (χ4n) is 1.63. The van der Waals surface area contributed by atoms with Gasteiger partial charge in [-0.25, -0.2) is 0 Å². The molecule has 0 spiro atoms. The van der Waals surface area contributed by atoms with Crippen molar-refractivity contribution < 1.29 is 9.90 Å². The number of aromatic amines is 1. The Kier molecular flexibility index (Phi) is 2.50. The van der Waals surface area contributed by atoms with Crippen LogP contribution in [0.25, 0.3) is 10.9 Å². The number of carbonyl (C=O) groups is 1. The molecule has 2 aromatic rings. The Hall–Kier alpha value is -1.36. The third-order valence-corrected chi connectivity index (χ3v) is 3.35. The molecule has 0 aliphatic carbocycles. The van der Waals surface area contributed by atoms with Crippen LogP contribution in [0.3, 0.4) is 0 Å². The molecular formula is C11H11BrN2O2. The molecule has 0 unspecified atom stereocenters. The number of hydrogen-bond donors (Lipinski definition) is 2. The van der Waals surface area contributed by atoms with E-state index in [-0.39, 0.29) is 0 Å². The van der Waals surface area contributed by atoms with E-state index in [2.05, 4.69) is 26.1 Å². The lowest BCUT2D eigenvalue weighted by Gasteiger charge is -2.19. The number of H-pyrrole nitrogens is 1. The van der Waals surface area contributed by atoms with Gasteiger partial charge in [-0.05, 0) is 35.3 Å². The SMILES string of the molecule is CC(C)(C(=O)O)c1cccc2c(Br)[nH]nc12. The average Bonchev–Trinajstić information content (AvgIpc) is 2.60. The van der Waals surface area contributed by atoms with E-state index in [4.69, 9.17) is 0 Å². The molecule has 1 aromatic carbocycles. The Labute approximate surface area is 101 Å². The first-order valence-corrected chi connectivity index (χ1v) is 5.60. The van der Waals surface area contributed by atoms with E-state index in [1.165, 1.54) is 0 Å². The molecule has 2 rings (SSSR count). The quantitative estimate of drug-likeness (QED) is 0.890. The van der Waals surface area contributed by atoms with Crippen molar-refractivity contribution in [3.05, 3.63) is 28.4 Å². The molecule has 0 saturated heterocycles. The van der Waals surface area contributed by atoms with E-state index in [1.54, 1.807) is 19.9 Å². The molecule has 0 aliphatic rings. The third kappa shape index (κ3) is 1.51. The number of benzene rings is 1. The number of carboxylic acids is 1. The molecule has 5 heteroatoms. The van der Waals surface area contributed by atoms with Gasteiger partial charge in [0.25, 0.3) is 0 Å². The number of aromatic nitrogens is 2. The summed E-state index contributed by atoms with van der Waals surface area (Å²) in [5.74, 6) is -0.862. The number of para-hydroxylation sites is 1. The molecule has 0 atom stereocenters. The van der Waals surface area contributed by atoms with Crippen molar-refractivity contribution in [1.82, 2.24) is 10.2 Å². The molecule has 0 amide bonds. The maximum atomic E-state index is 11.2. The van der Waals surface area contributed by atoms with Crippen LogP contribution in [0.4, 0.5) is 0 Å². The number of halogens is 1. The monoisotopic (exact) mass is 282 g/mol. The number of hydrogen-bond acceptors (Lipinski definition) is 2. The van der Waals surface area contributed by atoms with Gasteiger partial charge in [0.1, 0.15) is 4.60 Å². The topological polar surface area (TPSA) is 66.0 Å². The fourth-order valence-corrected chi connectivity index (χ4v) is 2.03. The average molecular weight is 283 g/mol. The van der Waals surface area contributed by atoms with Gasteiger partial charge in [-0.2, -0.15) is 5.10 Å². The van der Waals surface area contributed by atoms with Gasteiger partial charge in [0.05, 0.1) is 10.9 Å². The van der Waals surface area contributed by atoms with Crippen molar-refractivity contribution >= 4 is 32.8 Å². The lowest BCUT2D eigenvalue weighted by atomic mass is 9.84. The summed E-state index contributed by atoms with van der Waals surface area (Å²) in [4.78, 5) is 11.2. The smallest absolute Gasteiger partial charge is 0.313 e. The fraction of sp³-hybridized carbons (Fsp3) is 0.273. The minimum Gasteiger partial charge on any atom is -0.481 e. The van der Waals surface area contributed by atoms with Crippen LogP contribution < -0.4 is 0 Å². The van der Waals surface area contributed by atoms with E-state index >= 15 is 0 Å². The minimum absolute atomic E-state index is 0.696. The predicted molar refractivity (Wildman–Crippen MR) is 64.5 cm³/mol. The molecule has 0 saturated carbocycles. The van der Waals surface area contributed by atoms with Crippen LogP contribution in [-0.4, -0.2) is 21.3 Å². The van der Waals surface area contributed by atoms with Crippen molar-refractivity contribution in [2.24, 2.45) is 0 Å². The highest BCUT2D eigenvalue weighted by Gasteiger charge is 2.32. The van der Waals surface area contributed by atoms with Crippen molar-refractivity contribution in [3.8, 4) is 0 Å². The van der Waals surface area contributed by atoms with Gasteiger partial charge in [-0.1, -0.05) is 18.2 Å². The maximum Gasteiger partial charge on any atom is 0.313 e. The zero-order chi connectivity index (χ0) is 11.9. The summed E-state index contributed by atoms with van der Waals surface area (Å²) in [5, 5.41) is 17.0. The molecule has 0 aliphatic heterocycles. The number of aliphatic carboxylic acids is 1. The molecule has 1 heterocycles. The minimum atomic E-state index is -0.950. The molecule has 2 N–H and O–H groups in total. The predicted octanol–water partition coefficient (Wildman–Crippen LogP) is 2.69. The van der Waals surface area contributed by atoms with Gasteiger partial charge in [-0.15, -0.1) is 0 Å². The van der Waals surface area contributed by atoms with Crippen LogP contribution >= 0.6 is 15.9 Å². The summed E-state index contributed by atoms with van der Waals surface area (Å²) >= 11 is 3.34. The van der Waals surface area contributed by atoms with Crippen molar-refractivity contribution in [1.29, 1.82) is 0 Å². The number of rotatable bonds is 2. The highest BCUT2D eigenvalue weighted by atomic mass is 79.9. The van der Waals surface area contributed by atoms with Crippen molar-refractivity contribution in [2.45, 2.75) is 19.3 Å². The first-order valence-electron chi connectivity index (χ1n) is 4.81. The Bertz CT molecular complexity index is 560. The van der Waals surface area contributed by atoms with E-state index in [9.17, 15) is 9.90 Å². The second-order valence-corrected chi connectivity index (χ2v) is 4.96. The molecule has 16 heavy (non-hydrogen) atoms.